The highest BCUT2D eigenvalue weighted by atomic mass is 16.1. The van der Waals surface area contributed by atoms with E-state index in [9.17, 15) is 9.59 Å². The summed E-state index contributed by atoms with van der Waals surface area (Å²) in [5.41, 5.74) is 17.0. The number of hydrogen-bond donors (Lipinski definition) is 3. The molecule has 6 rings (SSSR count). The van der Waals surface area contributed by atoms with Crippen LogP contribution in [0.25, 0.3) is 16.6 Å². The molecule has 0 atom stereocenters. The smallest absolute Gasteiger partial charge is 0.281 e. The van der Waals surface area contributed by atoms with Crippen LogP contribution >= 0.6 is 0 Å². The zero-order chi connectivity index (χ0) is 28.9. The molecule has 2 aromatic carbocycles. The molecule has 0 saturated heterocycles. The van der Waals surface area contributed by atoms with E-state index in [1.54, 1.807) is 29.3 Å². The summed E-state index contributed by atoms with van der Waals surface area (Å²) >= 11 is 0. The van der Waals surface area contributed by atoms with E-state index in [0.29, 0.717) is 34.4 Å². The van der Waals surface area contributed by atoms with Crippen LogP contribution in [0.4, 0.5) is 11.5 Å². The third kappa shape index (κ3) is 5.59. The number of nitrogens with one attached hydrogen (secondary N) is 1. The SMILES string of the molecule is CCc1nc2cccc(C#Cc3cnn(C)c3)c2c(=O)n1Nc1ccccc1.NC(=O)c1c(N)nn2cccnc12. The summed E-state index contributed by atoms with van der Waals surface area (Å²) in [5, 5.41) is 8.48. The maximum atomic E-state index is 13.3. The third-order valence-electron chi connectivity index (χ3n) is 6.01. The van der Waals surface area contributed by atoms with Gasteiger partial charge in [0, 0.05) is 37.6 Å². The standard InChI is InChI=1S/C22H19N5O.C7H7N5O/c1-3-20-24-19-11-7-8-17(13-12-16-14-23-26(2)15-16)21(19)22(28)27(20)25-18-9-5-4-6-10-18;8-5-4(6(9)13)7-10-2-1-3-12(7)11-5/h4-11,14-15,25H,3H2,1-2H3;1-3H,(H2,8,11)(H2,9,13). The van der Waals surface area contributed by atoms with E-state index in [2.05, 4.69) is 37.4 Å². The van der Waals surface area contributed by atoms with Gasteiger partial charge in [-0.05, 0) is 30.3 Å². The molecule has 0 fully saturated rings. The molecule has 1 amide bonds. The Balaban J connectivity index is 0.000000216. The van der Waals surface area contributed by atoms with E-state index in [1.165, 1.54) is 9.19 Å². The van der Waals surface area contributed by atoms with Crippen molar-refractivity contribution in [2.45, 2.75) is 13.3 Å². The van der Waals surface area contributed by atoms with Gasteiger partial charge in [0.1, 0.15) is 11.4 Å². The Bertz CT molecular complexity index is 2000. The first-order chi connectivity index (χ1) is 19.9. The number of primary amides is 1. The Morgan fingerprint density at radius 1 is 1.07 bits per heavy atom. The number of carbonyl (C=O) groups is 1. The molecule has 12 heteroatoms. The largest absolute Gasteiger partial charge is 0.381 e. The Kier molecular flexibility index (Phi) is 7.42. The summed E-state index contributed by atoms with van der Waals surface area (Å²) in [4.78, 5) is 32.9. The first-order valence-electron chi connectivity index (χ1n) is 12.6. The molecule has 0 aliphatic carbocycles. The molecule has 0 unspecified atom stereocenters. The van der Waals surface area contributed by atoms with Gasteiger partial charge in [0.05, 0.1) is 28.4 Å². The Labute approximate surface area is 234 Å². The number of nitrogens with two attached hydrogens (primary N) is 2. The van der Waals surface area contributed by atoms with E-state index in [0.717, 1.165) is 11.3 Å². The summed E-state index contributed by atoms with van der Waals surface area (Å²) in [6.45, 7) is 1.98. The maximum absolute atomic E-state index is 13.3. The molecule has 0 radical (unpaired) electrons. The van der Waals surface area contributed by atoms with Crippen molar-refractivity contribution in [3.05, 3.63) is 112 Å². The number of anilines is 2. The van der Waals surface area contributed by atoms with Crippen molar-refractivity contribution in [3.8, 4) is 11.8 Å². The molecule has 204 valence electrons. The average molecular weight is 547 g/mol. The van der Waals surface area contributed by atoms with E-state index < -0.39 is 5.91 Å². The van der Waals surface area contributed by atoms with Gasteiger partial charge in [-0.2, -0.15) is 5.10 Å². The fourth-order valence-electron chi connectivity index (χ4n) is 4.14. The Morgan fingerprint density at radius 3 is 2.59 bits per heavy atom. The number of benzene rings is 2. The summed E-state index contributed by atoms with van der Waals surface area (Å²) in [5.74, 6) is 6.32. The minimum Gasteiger partial charge on any atom is -0.381 e. The minimum absolute atomic E-state index is 0.103. The number of fused-ring (bicyclic) bond motifs is 2. The number of nitrogen functional groups attached to an aromatic ring is 1. The molecular weight excluding hydrogens is 520 g/mol. The molecule has 0 spiro atoms. The van der Waals surface area contributed by atoms with E-state index >= 15 is 0 Å². The second-order valence-corrected chi connectivity index (χ2v) is 8.86. The van der Waals surface area contributed by atoms with Crippen molar-refractivity contribution in [2.24, 2.45) is 12.8 Å². The van der Waals surface area contributed by atoms with Crippen molar-refractivity contribution in [1.29, 1.82) is 0 Å². The van der Waals surface area contributed by atoms with Crippen molar-refractivity contribution in [1.82, 2.24) is 34.0 Å². The lowest BCUT2D eigenvalue weighted by molar-refractivity contribution is 0.100. The summed E-state index contributed by atoms with van der Waals surface area (Å²) in [6, 6.07) is 16.8. The van der Waals surface area contributed by atoms with Gasteiger partial charge < -0.3 is 11.5 Å². The number of aromatic nitrogens is 7. The van der Waals surface area contributed by atoms with Crippen LogP contribution in [0.1, 0.15) is 34.2 Å². The quantitative estimate of drug-likeness (QED) is 0.284. The van der Waals surface area contributed by atoms with E-state index in [-0.39, 0.29) is 16.9 Å². The highest BCUT2D eigenvalue weighted by Gasteiger charge is 2.15. The summed E-state index contributed by atoms with van der Waals surface area (Å²) in [7, 11) is 1.84. The van der Waals surface area contributed by atoms with Gasteiger partial charge in [0.2, 0.25) is 0 Å². The van der Waals surface area contributed by atoms with Gasteiger partial charge in [-0.25, -0.2) is 19.2 Å². The minimum atomic E-state index is -0.619. The molecule has 12 nitrogen and oxygen atoms in total. The van der Waals surface area contributed by atoms with Crippen LogP contribution in [0.2, 0.25) is 0 Å². The molecule has 41 heavy (non-hydrogen) atoms. The molecule has 4 aromatic heterocycles. The molecule has 0 aliphatic heterocycles. The maximum Gasteiger partial charge on any atom is 0.281 e. The molecule has 0 aliphatic rings. The van der Waals surface area contributed by atoms with Crippen LogP contribution in [-0.4, -0.2) is 39.9 Å². The molecule has 5 N–H and O–H groups in total. The molecule has 6 aromatic rings. The van der Waals surface area contributed by atoms with Crippen LogP contribution in [0.3, 0.4) is 0 Å². The predicted molar refractivity (Wildman–Crippen MR) is 156 cm³/mol. The molecule has 4 heterocycles. The molecular formula is C29H26N10O2. The number of carbonyl (C=O) groups excluding carboxylic acids is 1. The number of hydrogen-bond acceptors (Lipinski definition) is 8. The zero-order valence-corrected chi connectivity index (χ0v) is 22.3. The van der Waals surface area contributed by atoms with Gasteiger partial charge >= 0.3 is 0 Å². The van der Waals surface area contributed by atoms with Crippen LogP contribution in [0.5, 0.6) is 0 Å². The van der Waals surface area contributed by atoms with Crippen molar-refractivity contribution in [3.63, 3.8) is 0 Å². The lowest BCUT2D eigenvalue weighted by Gasteiger charge is -2.15. The monoisotopic (exact) mass is 546 g/mol. The molecule has 0 bridgehead atoms. The first-order valence-corrected chi connectivity index (χ1v) is 12.6. The van der Waals surface area contributed by atoms with Crippen molar-refractivity contribution < 1.29 is 4.79 Å². The van der Waals surface area contributed by atoms with Crippen LogP contribution in [-0.2, 0) is 13.5 Å². The second kappa shape index (κ2) is 11.4. The van der Waals surface area contributed by atoms with Gasteiger partial charge in [-0.15, -0.1) is 5.10 Å². The summed E-state index contributed by atoms with van der Waals surface area (Å²) < 4.78 is 4.61. The zero-order valence-electron chi connectivity index (χ0n) is 22.3. The van der Waals surface area contributed by atoms with Gasteiger partial charge in [-0.1, -0.05) is 43.0 Å². The fraction of sp³-hybridized carbons (Fsp3) is 0.103. The van der Waals surface area contributed by atoms with Gasteiger partial charge in [-0.3, -0.25) is 19.7 Å². The normalized spacial score (nSPS) is 10.5. The topological polar surface area (TPSA) is 164 Å². The second-order valence-electron chi connectivity index (χ2n) is 8.86. The van der Waals surface area contributed by atoms with Crippen molar-refractivity contribution in [2.75, 3.05) is 11.2 Å². The van der Waals surface area contributed by atoms with Gasteiger partial charge in [0.25, 0.3) is 11.5 Å². The Morgan fingerprint density at radius 2 is 1.88 bits per heavy atom. The first kappa shape index (κ1) is 26.6. The van der Waals surface area contributed by atoms with E-state index in [4.69, 9.17) is 11.5 Å². The lowest BCUT2D eigenvalue weighted by Crippen LogP contribution is -2.31. The number of nitrogens with zero attached hydrogens (tertiary/aromatic N) is 7. The van der Waals surface area contributed by atoms with Crippen molar-refractivity contribution >= 4 is 34.0 Å². The van der Waals surface area contributed by atoms with Crippen LogP contribution in [0.15, 0.2) is 84.2 Å². The highest BCUT2D eigenvalue weighted by Crippen LogP contribution is 2.16. The Hall–Kier alpha value is -5.96. The van der Waals surface area contributed by atoms with Crippen LogP contribution < -0.4 is 22.5 Å². The lowest BCUT2D eigenvalue weighted by atomic mass is 10.1. The van der Waals surface area contributed by atoms with Crippen LogP contribution in [0, 0.1) is 11.8 Å². The summed E-state index contributed by atoms with van der Waals surface area (Å²) in [6.07, 6.45) is 7.34. The number of rotatable bonds is 4. The fourth-order valence-corrected chi connectivity index (χ4v) is 4.14. The number of amides is 1. The number of para-hydroxylation sites is 1. The predicted octanol–water partition coefficient (Wildman–Crippen LogP) is 2.38. The van der Waals surface area contributed by atoms with E-state index in [1.807, 2.05) is 68.7 Å². The molecule has 0 saturated carbocycles. The number of aryl methyl sites for hydroxylation is 2. The average Bonchev–Trinajstić information content (AvgIpc) is 3.55. The van der Waals surface area contributed by atoms with Gasteiger partial charge in [0.15, 0.2) is 11.5 Å². The highest BCUT2D eigenvalue weighted by molar-refractivity contribution is 6.03. The third-order valence-corrected chi connectivity index (χ3v) is 6.01.